The molecule has 1 unspecified atom stereocenters. The van der Waals surface area contributed by atoms with E-state index in [0.29, 0.717) is 18.0 Å². The molecule has 4 nitrogen and oxygen atoms in total. The zero-order valence-electron chi connectivity index (χ0n) is 16.1. The molecule has 1 N–H and O–H groups in total. The van der Waals surface area contributed by atoms with Gasteiger partial charge in [0.1, 0.15) is 0 Å². The molecule has 0 saturated carbocycles. The molecular weight excluding hydrogens is 374 g/mol. The molecule has 5 heteroatoms. The van der Waals surface area contributed by atoms with Crippen molar-refractivity contribution >= 4 is 23.3 Å². The quantitative estimate of drug-likeness (QED) is 0.723. The van der Waals surface area contributed by atoms with Gasteiger partial charge in [0, 0.05) is 18.0 Å². The molecule has 0 fully saturated rings. The van der Waals surface area contributed by atoms with E-state index in [1.54, 1.807) is 29.2 Å². The second-order valence-electron chi connectivity index (χ2n) is 7.47. The van der Waals surface area contributed by atoms with E-state index in [2.05, 4.69) is 0 Å². The maximum absolute atomic E-state index is 12.9. The normalized spacial score (nSPS) is 16.9. The average Bonchev–Trinajstić information content (AvgIpc) is 2.92. The van der Waals surface area contributed by atoms with Gasteiger partial charge in [0.25, 0.3) is 5.91 Å². The minimum Gasteiger partial charge on any atom is -0.503 e. The number of halogens is 1. The van der Waals surface area contributed by atoms with Crippen molar-refractivity contribution in [1.29, 1.82) is 0 Å². The number of carbonyl (C=O) groups excluding carboxylic acids is 2. The number of Topliss-reactive ketones (excluding diaryl/α,β-unsaturated/α-hetero) is 1. The first kappa shape index (κ1) is 20.2. The maximum atomic E-state index is 12.9. The highest BCUT2D eigenvalue weighted by Gasteiger charge is 2.43. The minimum atomic E-state index is -0.597. The summed E-state index contributed by atoms with van der Waals surface area (Å²) in [4.78, 5) is 27.3. The highest BCUT2D eigenvalue weighted by molar-refractivity contribution is 6.30. The summed E-state index contributed by atoms with van der Waals surface area (Å²) >= 11 is 6.01. The lowest BCUT2D eigenvalue weighted by Crippen LogP contribution is -2.33. The molecule has 1 atom stereocenters. The fraction of sp³-hybridized carbons (Fsp3) is 0.304. The Bertz CT molecular complexity index is 888. The van der Waals surface area contributed by atoms with Gasteiger partial charge in [0.15, 0.2) is 11.5 Å². The standard InChI is InChI=1S/C23H24ClNO3/c1-15(2)14-19(26)20-21(17-8-10-18(24)11-9-17)25(23(28)22(20)27)13-12-16-6-4-3-5-7-16/h3-11,15,21,27H,12-14H2,1-2H3. The maximum Gasteiger partial charge on any atom is 0.290 e. The lowest BCUT2D eigenvalue weighted by molar-refractivity contribution is -0.129. The van der Waals surface area contributed by atoms with Gasteiger partial charge in [-0.25, -0.2) is 0 Å². The fourth-order valence-electron chi connectivity index (χ4n) is 3.54. The zero-order valence-corrected chi connectivity index (χ0v) is 16.8. The van der Waals surface area contributed by atoms with Crippen molar-refractivity contribution in [2.45, 2.75) is 32.7 Å². The monoisotopic (exact) mass is 397 g/mol. The molecule has 146 valence electrons. The highest BCUT2D eigenvalue weighted by atomic mass is 35.5. The van der Waals surface area contributed by atoms with Crippen molar-refractivity contribution in [3.05, 3.63) is 82.1 Å². The van der Waals surface area contributed by atoms with Crippen LogP contribution in [0.25, 0.3) is 0 Å². The molecule has 0 radical (unpaired) electrons. The second-order valence-corrected chi connectivity index (χ2v) is 7.91. The third-order valence-corrected chi connectivity index (χ3v) is 5.12. The molecule has 0 spiro atoms. The second kappa shape index (κ2) is 8.61. The van der Waals surface area contributed by atoms with Crippen LogP contribution in [0.15, 0.2) is 65.9 Å². The first-order chi connectivity index (χ1) is 13.4. The zero-order chi connectivity index (χ0) is 20.3. The number of nitrogens with zero attached hydrogens (tertiary/aromatic N) is 1. The van der Waals surface area contributed by atoms with Crippen molar-refractivity contribution in [2.24, 2.45) is 5.92 Å². The molecular formula is C23H24ClNO3. The molecule has 3 rings (SSSR count). The summed E-state index contributed by atoms with van der Waals surface area (Å²) in [7, 11) is 0. The first-order valence-corrected chi connectivity index (χ1v) is 9.83. The van der Waals surface area contributed by atoms with Gasteiger partial charge in [-0.05, 0) is 35.6 Å². The molecule has 1 heterocycles. The topological polar surface area (TPSA) is 57.6 Å². The van der Waals surface area contributed by atoms with Crippen LogP contribution in [0.1, 0.15) is 37.4 Å². The third kappa shape index (κ3) is 4.28. The Morgan fingerprint density at radius 3 is 2.36 bits per heavy atom. The lowest BCUT2D eigenvalue weighted by atomic mass is 9.92. The van der Waals surface area contributed by atoms with Crippen LogP contribution in [0.2, 0.25) is 5.02 Å². The van der Waals surface area contributed by atoms with E-state index >= 15 is 0 Å². The van der Waals surface area contributed by atoms with Gasteiger partial charge in [-0.15, -0.1) is 0 Å². The predicted octanol–water partition coefficient (Wildman–Crippen LogP) is 4.89. The SMILES string of the molecule is CC(C)CC(=O)C1=C(O)C(=O)N(CCc2ccccc2)C1c1ccc(Cl)cc1. The highest BCUT2D eigenvalue weighted by Crippen LogP contribution is 2.39. The number of aliphatic hydroxyl groups excluding tert-OH is 1. The predicted molar refractivity (Wildman–Crippen MR) is 110 cm³/mol. The van der Waals surface area contributed by atoms with E-state index in [4.69, 9.17) is 11.6 Å². The fourth-order valence-corrected chi connectivity index (χ4v) is 3.66. The van der Waals surface area contributed by atoms with Crippen LogP contribution in [-0.2, 0) is 16.0 Å². The lowest BCUT2D eigenvalue weighted by Gasteiger charge is -2.27. The Morgan fingerprint density at radius 1 is 1.11 bits per heavy atom. The molecule has 0 aromatic heterocycles. The number of aliphatic hydroxyl groups is 1. The molecule has 0 aliphatic carbocycles. The first-order valence-electron chi connectivity index (χ1n) is 9.45. The number of amides is 1. The van der Waals surface area contributed by atoms with Gasteiger partial charge < -0.3 is 10.0 Å². The molecule has 0 saturated heterocycles. The third-order valence-electron chi connectivity index (χ3n) is 4.87. The summed E-state index contributed by atoms with van der Waals surface area (Å²) < 4.78 is 0. The molecule has 1 aliphatic rings. The number of rotatable bonds is 7. The van der Waals surface area contributed by atoms with Gasteiger partial charge in [0.05, 0.1) is 11.6 Å². The Morgan fingerprint density at radius 2 is 1.75 bits per heavy atom. The Labute approximate surface area is 170 Å². The van der Waals surface area contributed by atoms with E-state index in [0.717, 1.165) is 11.1 Å². The number of hydrogen-bond donors (Lipinski definition) is 1. The van der Waals surface area contributed by atoms with Crippen LogP contribution in [0, 0.1) is 5.92 Å². The van der Waals surface area contributed by atoms with Crippen LogP contribution in [-0.4, -0.2) is 28.2 Å². The van der Waals surface area contributed by atoms with Gasteiger partial charge in [-0.1, -0.05) is 67.9 Å². The van der Waals surface area contributed by atoms with Crippen molar-refractivity contribution in [2.75, 3.05) is 6.54 Å². The van der Waals surface area contributed by atoms with Gasteiger partial charge >= 0.3 is 0 Å². The molecule has 0 bridgehead atoms. The van der Waals surface area contributed by atoms with Crippen LogP contribution >= 0.6 is 11.6 Å². The van der Waals surface area contributed by atoms with Gasteiger partial charge in [-0.3, -0.25) is 9.59 Å². The summed E-state index contributed by atoms with van der Waals surface area (Å²) in [5, 5.41) is 11.1. The number of ketones is 1. The summed E-state index contributed by atoms with van der Waals surface area (Å²) in [6.07, 6.45) is 0.916. The summed E-state index contributed by atoms with van der Waals surface area (Å²) in [5.74, 6) is -0.989. The minimum absolute atomic E-state index is 0.132. The number of benzene rings is 2. The van der Waals surface area contributed by atoms with Crippen LogP contribution in [0.3, 0.4) is 0 Å². The number of carbonyl (C=O) groups is 2. The van der Waals surface area contributed by atoms with Crippen molar-refractivity contribution in [1.82, 2.24) is 4.90 Å². The molecule has 1 aliphatic heterocycles. The van der Waals surface area contributed by atoms with Crippen LogP contribution in [0.5, 0.6) is 0 Å². The van der Waals surface area contributed by atoms with E-state index < -0.39 is 17.7 Å². The molecule has 28 heavy (non-hydrogen) atoms. The Hall–Kier alpha value is -2.59. The van der Waals surface area contributed by atoms with Crippen molar-refractivity contribution < 1.29 is 14.7 Å². The van der Waals surface area contributed by atoms with Gasteiger partial charge in [-0.2, -0.15) is 0 Å². The molecule has 2 aromatic rings. The Balaban J connectivity index is 1.95. The average molecular weight is 398 g/mol. The largest absolute Gasteiger partial charge is 0.503 e. The van der Waals surface area contributed by atoms with Crippen LogP contribution < -0.4 is 0 Å². The summed E-state index contributed by atoms with van der Waals surface area (Å²) in [6.45, 7) is 4.28. The summed E-state index contributed by atoms with van der Waals surface area (Å²) in [5.41, 5.74) is 2.04. The molecule has 1 amide bonds. The van der Waals surface area contributed by atoms with Crippen molar-refractivity contribution in [3.63, 3.8) is 0 Å². The van der Waals surface area contributed by atoms with E-state index in [1.807, 2.05) is 44.2 Å². The van der Waals surface area contributed by atoms with Crippen LogP contribution in [0.4, 0.5) is 0 Å². The smallest absolute Gasteiger partial charge is 0.290 e. The Kier molecular flexibility index (Phi) is 6.20. The van der Waals surface area contributed by atoms with E-state index in [-0.39, 0.29) is 23.7 Å². The summed E-state index contributed by atoms with van der Waals surface area (Å²) in [6, 6.07) is 16.3. The van der Waals surface area contributed by atoms with E-state index in [1.165, 1.54) is 0 Å². The van der Waals surface area contributed by atoms with E-state index in [9.17, 15) is 14.7 Å². The number of hydrogen-bond acceptors (Lipinski definition) is 3. The van der Waals surface area contributed by atoms with Gasteiger partial charge in [0.2, 0.25) is 0 Å². The molecule has 2 aromatic carbocycles. The van der Waals surface area contributed by atoms with Crippen molar-refractivity contribution in [3.8, 4) is 0 Å².